The normalized spacial score (nSPS) is 24.3. The Labute approximate surface area is 95.5 Å². The lowest BCUT2D eigenvalue weighted by Gasteiger charge is -2.12. The number of carbonyl (C=O) groups is 1. The van der Waals surface area contributed by atoms with Gasteiger partial charge in [-0.25, -0.2) is 0 Å². The third kappa shape index (κ3) is 2.54. The van der Waals surface area contributed by atoms with E-state index >= 15 is 0 Å². The van der Waals surface area contributed by atoms with Gasteiger partial charge in [0.1, 0.15) is 5.75 Å². The minimum atomic E-state index is -0.0425. The Morgan fingerprint density at radius 3 is 2.56 bits per heavy atom. The van der Waals surface area contributed by atoms with Gasteiger partial charge in [0.25, 0.3) is 5.91 Å². The average molecular weight is 219 g/mol. The smallest absolute Gasteiger partial charge is 0.251 e. The highest BCUT2D eigenvalue weighted by Gasteiger charge is 2.22. The van der Waals surface area contributed by atoms with Crippen LogP contribution < -0.4 is 5.32 Å². The third-order valence-corrected chi connectivity index (χ3v) is 3.16. The molecule has 2 atom stereocenters. The molecule has 0 saturated heterocycles. The van der Waals surface area contributed by atoms with Gasteiger partial charge in [-0.05, 0) is 49.4 Å². The van der Waals surface area contributed by atoms with Gasteiger partial charge in [-0.3, -0.25) is 4.79 Å². The topological polar surface area (TPSA) is 49.3 Å². The Morgan fingerprint density at radius 2 is 2.00 bits per heavy atom. The van der Waals surface area contributed by atoms with E-state index in [0.717, 1.165) is 12.8 Å². The van der Waals surface area contributed by atoms with Gasteiger partial charge in [-0.15, -0.1) is 0 Å². The van der Waals surface area contributed by atoms with Gasteiger partial charge in [0, 0.05) is 11.6 Å². The molecule has 1 saturated carbocycles. The highest BCUT2D eigenvalue weighted by atomic mass is 16.3. The second-order valence-electron chi connectivity index (χ2n) is 4.64. The second kappa shape index (κ2) is 4.56. The summed E-state index contributed by atoms with van der Waals surface area (Å²) >= 11 is 0. The number of hydrogen-bond acceptors (Lipinski definition) is 2. The Hall–Kier alpha value is -1.51. The van der Waals surface area contributed by atoms with E-state index in [0.29, 0.717) is 17.5 Å². The van der Waals surface area contributed by atoms with E-state index in [-0.39, 0.29) is 11.7 Å². The van der Waals surface area contributed by atoms with Crippen molar-refractivity contribution in [3.63, 3.8) is 0 Å². The Bertz CT molecular complexity index is 372. The first-order valence-corrected chi connectivity index (χ1v) is 5.75. The molecule has 86 valence electrons. The van der Waals surface area contributed by atoms with Crippen LogP contribution in [0.25, 0.3) is 0 Å². The Balaban J connectivity index is 1.95. The van der Waals surface area contributed by atoms with Crippen LogP contribution in [0.15, 0.2) is 24.3 Å². The molecule has 1 aliphatic rings. The van der Waals surface area contributed by atoms with E-state index in [4.69, 9.17) is 5.11 Å². The Kier molecular flexibility index (Phi) is 3.13. The molecule has 0 spiro atoms. The fourth-order valence-corrected chi connectivity index (χ4v) is 2.22. The van der Waals surface area contributed by atoms with Crippen LogP contribution in [0.5, 0.6) is 5.75 Å². The average Bonchev–Trinajstić information content (AvgIpc) is 2.65. The number of aromatic hydroxyl groups is 1. The minimum absolute atomic E-state index is 0.0425. The number of benzene rings is 1. The zero-order valence-electron chi connectivity index (χ0n) is 9.44. The van der Waals surface area contributed by atoms with Crippen molar-refractivity contribution in [2.45, 2.75) is 32.2 Å². The first-order chi connectivity index (χ1) is 7.65. The monoisotopic (exact) mass is 219 g/mol. The maximum Gasteiger partial charge on any atom is 0.251 e. The summed E-state index contributed by atoms with van der Waals surface area (Å²) in [4.78, 5) is 11.8. The number of amides is 1. The molecule has 1 aromatic carbocycles. The molecule has 2 N–H and O–H groups in total. The van der Waals surface area contributed by atoms with E-state index in [1.807, 2.05) is 0 Å². The van der Waals surface area contributed by atoms with Gasteiger partial charge in [-0.2, -0.15) is 0 Å². The maximum absolute atomic E-state index is 11.8. The molecule has 1 amide bonds. The fourth-order valence-electron chi connectivity index (χ4n) is 2.22. The van der Waals surface area contributed by atoms with E-state index in [1.54, 1.807) is 12.1 Å². The summed E-state index contributed by atoms with van der Waals surface area (Å²) in [7, 11) is 0. The molecule has 0 radical (unpaired) electrons. The molecule has 1 aromatic rings. The second-order valence-corrected chi connectivity index (χ2v) is 4.64. The van der Waals surface area contributed by atoms with Crippen LogP contribution >= 0.6 is 0 Å². The van der Waals surface area contributed by atoms with Gasteiger partial charge >= 0.3 is 0 Å². The summed E-state index contributed by atoms with van der Waals surface area (Å²) in [6, 6.07) is 6.67. The van der Waals surface area contributed by atoms with Crippen LogP contribution in [0.1, 0.15) is 36.5 Å². The summed E-state index contributed by atoms with van der Waals surface area (Å²) in [6.07, 6.45) is 3.34. The molecular formula is C13H17NO2. The van der Waals surface area contributed by atoms with Crippen molar-refractivity contribution < 1.29 is 9.90 Å². The highest BCUT2D eigenvalue weighted by Crippen LogP contribution is 2.24. The fraction of sp³-hybridized carbons (Fsp3) is 0.462. The molecule has 3 heteroatoms. The summed E-state index contributed by atoms with van der Waals surface area (Å²) in [5, 5.41) is 12.2. The van der Waals surface area contributed by atoms with Crippen LogP contribution in [-0.2, 0) is 0 Å². The van der Waals surface area contributed by atoms with Crippen LogP contribution in [0.3, 0.4) is 0 Å². The van der Waals surface area contributed by atoms with Gasteiger partial charge in [0.15, 0.2) is 0 Å². The molecule has 0 aromatic heterocycles. The SMILES string of the molecule is CC1CCC(NC(=O)c2ccc(O)cc2)C1. The van der Waals surface area contributed by atoms with Crippen molar-refractivity contribution in [3.05, 3.63) is 29.8 Å². The number of nitrogens with one attached hydrogen (secondary N) is 1. The zero-order valence-corrected chi connectivity index (χ0v) is 9.44. The van der Waals surface area contributed by atoms with Crippen LogP contribution in [0, 0.1) is 5.92 Å². The largest absolute Gasteiger partial charge is 0.508 e. The lowest BCUT2D eigenvalue weighted by molar-refractivity contribution is 0.0937. The van der Waals surface area contributed by atoms with Crippen molar-refractivity contribution in [2.24, 2.45) is 5.92 Å². The standard InChI is InChI=1S/C13H17NO2/c1-9-2-5-11(8-9)14-13(16)10-3-6-12(15)7-4-10/h3-4,6-7,9,11,15H,2,5,8H2,1H3,(H,14,16). The van der Waals surface area contributed by atoms with E-state index in [2.05, 4.69) is 12.2 Å². The molecule has 0 aliphatic heterocycles. The summed E-state index contributed by atoms with van der Waals surface area (Å²) in [5.41, 5.74) is 0.609. The number of phenols is 1. The molecule has 0 bridgehead atoms. The number of carbonyl (C=O) groups excluding carboxylic acids is 1. The van der Waals surface area contributed by atoms with E-state index < -0.39 is 0 Å². The molecular weight excluding hydrogens is 202 g/mol. The third-order valence-electron chi connectivity index (χ3n) is 3.16. The summed E-state index contributed by atoms with van der Waals surface area (Å²) in [5.74, 6) is 0.857. The maximum atomic E-state index is 11.8. The lowest BCUT2D eigenvalue weighted by atomic mass is 10.1. The minimum Gasteiger partial charge on any atom is -0.508 e. The molecule has 1 fully saturated rings. The molecule has 16 heavy (non-hydrogen) atoms. The first-order valence-electron chi connectivity index (χ1n) is 5.75. The molecule has 2 rings (SSSR count). The van der Waals surface area contributed by atoms with Crippen molar-refractivity contribution in [1.29, 1.82) is 0 Å². The molecule has 0 heterocycles. The predicted octanol–water partition coefficient (Wildman–Crippen LogP) is 2.31. The summed E-state index contributed by atoms with van der Waals surface area (Å²) < 4.78 is 0. The zero-order chi connectivity index (χ0) is 11.5. The lowest BCUT2D eigenvalue weighted by Crippen LogP contribution is -2.32. The quantitative estimate of drug-likeness (QED) is 0.802. The van der Waals surface area contributed by atoms with Crippen molar-refractivity contribution in [1.82, 2.24) is 5.32 Å². The van der Waals surface area contributed by atoms with Crippen molar-refractivity contribution in [3.8, 4) is 5.75 Å². The van der Waals surface area contributed by atoms with Gasteiger partial charge < -0.3 is 10.4 Å². The van der Waals surface area contributed by atoms with Crippen LogP contribution in [0.2, 0.25) is 0 Å². The molecule has 3 nitrogen and oxygen atoms in total. The van der Waals surface area contributed by atoms with E-state index in [1.165, 1.54) is 18.6 Å². The van der Waals surface area contributed by atoms with Crippen LogP contribution in [0.4, 0.5) is 0 Å². The molecule has 2 unspecified atom stereocenters. The van der Waals surface area contributed by atoms with Crippen molar-refractivity contribution in [2.75, 3.05) is 0 Å². The van der Waals surface area contributed by atoms with Gasteiger partial charge in [0.2, 0.25) is 0 Å². The number of rotatable bonds is 2. The van der Waals surface area contributed by atoms with Crippen LogP contribution in [-0.4, -0.2) is 17.1 Å². The molecule has 1 aliphatic carbocycles. The highest BCUT2D eigenvalue weighted by molar-refractivity contribution is 5.94. The summed E-state index contributed by atoms with van der Waals surface area (Å²) in [6.45, 7) is 2.21. The van der Waals surface area contributed by atoms with E-state index in [9.17, 15) is 4.79 Å². The first kappa shape index (κ1) is 11.0. The number of phenolic OH excluding ortho intramolecular Hbond substituents is 1. The van der Waals surface area contributed by atoms with Gasteiger partial charge in [-0.1, -0.05) is 6.92 Å². The van der Waals surface area contributed by atoms with Crippen molar-refractivity contribution >= 4 is 5.91 Å². The number of hydrogen-bond donors (Lipinski definition) is 2. The predicted molar refractivity (Wildman–Crippen MR) is 62.4 cm³/mol. The van der Waals surface area contributed by atoms with Gasteiger partial charge in [0.05, 0.1) is 0 Å². The Morgan fingerprint density at radius 1 is 1.31 bits per heavy atom.